The number of rotatable bonds is 0. The highest BCUT2D eigenvalue weighted by molar-refractivity contribution is 8.03. The molecule has 2 aliphatic rings. The Morgan fingerprint density at radius 1 is 1.17 bits per heavy atom. The van der Waals surface area contributed by atoms with Crippen LogP contribution in [0.5, 0.6) is 0 Å². The second-order valence-corrected chi connectivity index (χ2v) is 5.12. The lowest BCUT2D eigenvalue weighted by atomic mass is 10.1. The molecule has 0 atom stereocenters. The zero-order valence-corrected chi connectivity index (χ0v) is 10.3. The molecule has 1 aliphatic heterocycles. The highest BCUT2D eigenvalue weighted by Gasteiger charge is 2.22. The second kappa shape index (κ2) is 3.96. The molecule has 18 heavy (non-hydrogen) atoms. The topological polar surface area (TPSA) is 81.1 Å². The van der Waals surface area contributed by atoms with E-state index >= 15 is 0 Å². The third-order valence-corrected chi connectivity index (χ3v) is 3.81. The van der Waals surface area contributed by atoms with E-state index < -0.39 is 0 Å². The Labute approximate surface area is 108 Å². The van der Waals surface area contributed by atoms with E-state index in [1.807, 2.05) is 18.2 Å². The van der Waals surface area contributed by atoms with Gasteiger partial charge in [0.25, 0.3) is 0 Å². The van der Waals surface area contributed by atoms with Gasteiger partial charge in [0.15, 0.2) is 5.78 Å². The minimum absolute atomic E-state index is 0.0417. The van der Waals surface area contributed by atoms with Gasteiger partial charge in [-0.1, -0.05) is 11.8 Å². The SMILES string of the molecule is NC1=C/C(=C2\Nc3cc(N)ccc3S2)C(=O)C=C1. The molecule has 0 fully saturated rings. The number of fused-ring (bicyclic) bond motifs is 1. The normalized spacial score (nSPS) is 21.6. The maximum atomic E-state index is 11.8. The van der Waals surface area contributed by atoms with E-state index in [-0.39, 0.29) is 5.78 Å². The number of benzene rings is 1. The molecule has 0 bridgehead atoms. The first-order valence-corrected chi connectivity index (χ1v) is 6.23. The van der Waals surface area contributed by atoms with Crippen molar-refractivity contribution in [1.82, 2.24) is 0 Å². The van der Waals surface area contributed by atoms with Crippen LogP contribution in [-0.2, 0) is 4.79 Å². The van der Waals surface area contributed by atoms with Crippen molar-refractivity contribution >= 4 is 28.9 Å². The van der Waals surface area contributed by atoms with Crippen LogP contribution in [0.15, 0.2) is 57.6 Å². The average molecular weight is 257 g/mol. The summed E-state index contributed by atoms with van der Waals surface area (Å²) in [6.45, 7) is 0. The van der Waals surface area contributed by atoms with Gasteiger partial charge in [-0.25, -0.2) is 0 Å². The lowest BCUT2D eigenvalue weighted by molar-refractivity contribution is -0.111. The van der Waals surface area contributed by atoms with Crippen LogP contribution >= 0.6 is 11.8 Å². The van der Waals surface area contributed by atoms with Crippen LogP contribution in [0.1, 0.15) is 0 Å². The van der Waals surface area contributed by atoms with E-state index in [0.717, 1.165) is 15.6 Å². The standard InChI is InChI=1S/C13H11N3OS/c14-7-1-3-11(17)9(5-7)13-16-10-6-8(15)2-4-12(10)18-13/h1-6,16H,14-15H2/b13-9-. The van der Waals surface area contributed by atoms with E-state index in [1.54, 1.807) is 12.2 Å². The number of nitrogens with one attached hydrogen (secondary N) is 1. The number of ketones is 1. The second-order valence-electron chi connectivity index (χ2n) is 4.07. The Morgan fingerprint density at radius 2 is 2.00 bits per heavy atom. The number of nitrogens with two attached hydrogens (primary N) is 2. The Hall–Kier alpha value is -2.14. The van der Waals surface area contributed by atoms with Gasteiger partial charge in [-0.15, -0.1) is 0 Å². The fourth-order valence-corrected chi connectivity index (χ4v) is 2.85. The van der Waals surface area contributed by atoms with Crippen LogP contribution in [-0.4, -0.2) is 5.78 Å². The Kier molecular flexibility index (Phi) is 2.41. The van der Waals surface area contributed by atoms with Crippen molar-refractivity contribution in [2.75, 3.05) is 11.1 Å². The monoisotopic (exact) mass is 257 g/mol. The number of anilines is 2. The van der Waals surface area contributed by atoms with Gasteiger partial charge in [-0.3, -0.25) is 4.79 Å². The Morgan fingerprint density at radius 3 is 2.83 bits per heavy atom. The van der Waals surface area contributed by atoms with Crippen LogP contribution in [0.3, 0.4) is 0 Å². The van der Waals surface area contributed by atoms with Gasteiger partial charge in [-0.2, -0.15) is 0 Å². The number of hydrogen-bond acceptors (Lipinski definition) is 5. The van der Waals surface area contributed by atoms with Crippen molar-refractivity contribution in [2.24, 2.45) is 5.73 Å². The van der Waals surface area contributed by atoms with Gasteiger partial charge >= 0.3 is 0 Å². The number of thioether (sulfide) groups is 1. The zero-order valence-electron chi connectivity index (χ0n) is 9.44. The maximum Gasteiger partial charge on any atom is 0.188 e. The molecule has 3 rings (SSSR count). The van der Waals surface area contributed by atoms with Gasteiger partial charge in [0.2, 0.25) is 0 Å². The highest BCUT2D eigenvalue weighted by Crippen LogP contribution is 2.43. The fourth-order valence-electron chi connectivity index (χ4n) is 1.84. The van der Waals surface area contributed by atoms with Crippen LogP contribution in [0.25, 0.3) is 0 Å². The molecule has 1 aromatic rings. The molecular formula is C13H11N3OS. The Balaban J connectivity index is 2.03. The van der Waals surface area contributed by atoms with E-state index in [1.165, 1.54) is 17.8 Å². The predicted molar refractivity (Wildman–Crippen MR) is 73.8 cm³/mol. The quantitative estimate of drug-likeness (QED) is 0.489. The van der Waals surface area contributed by atoms with Gasteiger partial charge in [-0.05, 0) is 36.4 Å². The summed E-state index contributed by atoms with van der Waals surface area (Å²) in [7, 11) is 0. The van der Waals surface area contributed by atoms with E-state index in [4.69, 9.17) is 11.5 Å². The van der Waals surface area contributed by atoms with Crippen molar-refractivity contribution in [3.63, 3.8) is 0 Å². The predicted octanol–water partition coefficient (Wildman–Crippen LogP) is 1.98. The lowest BCUT2D eigenvalue weighted by Crippen LogP contribution is -2.09. The maximum absolute atomic E-state index is 11.8. The van der Waals surface area contributed by atoms with Crippen molar-refractivity contribution < 1.29 is 4.79 Å². The smallest absolute Gasteiger partial charge is 0.188 e. The van der Waals surface area contributed by atoms with Crippen molar-refractivity contribution in [1.29, 1.82) is 0 Å². The van der Waals surface area contributed by atoms with Crippen LogP contribution in [0, 0.1) is 0 Å². The summed E-state index contributed by atoms with van der Waals surface area (Å²) in [5.41, 5.74) is 14.2. The average Bonchev–Trinajstić information content (AvgIpc) is 2.74. The Bertz CT molecular complexity index is 644. The first-order chi connectivity index (χ1) is 8.63. The van der Waals surface area contributed by atoms with Crippen LogP contribution in [0.2, 0.25) is 0 Å². The molecule has 0 amide bonds. The summed E-state index contributed by atoms with van der Waals surface area (Å²) < 4.78 is 0. The largest absolute Gasteiger partial charge is 0.399 e. The van der Waals surface area contributed by atoms with Crippen molar-refractivity contribution in [3.8, 4) is 0 Å². The molecule has 0 aromatic heterocycles. The third kappa shape index (κ3) is 1.78. The van der Waals surface area contributed by atoms with Crippen LogP contribution in [0.4, 0.5) is 11.4 Å². The molecule has 90 valence electrons. The molecule has 1 heterocycles. The summed E-state index contributed by atoms with van der Waals surface area (Å²) in [4.78, 5) is 12.9. The molecule has 0 spiro atoms. The van der Waals surface area contributed by atoms with Gasteiger partial charge in [0.05, 0.1) is 16.3 Å². The summed E-state index contributed by atoms with van der Waals surface area (Å²) in [6, 6.07) is 5.63. The number of carbonyl (C=O) groups excluding carboxylic acids is 1. The van der Waals surface area contributed by atoms with Crippen LogP contribution < -0.4 is 16.8 Å². The molecule has 1 aromatic carbocycles. The zero-order chi connectivity index (χ0) is 12.7. The lowest BCUT2D eigenvalue weighted by Gasteiger charge is -2.08. The van der Waals surface area contributed by atoms with E-state index in [2.05, 4.69) is 5.32 Å². The summed E-state index contributed by atoms with van der Waals surface area (Å²) >= 11 is 1.52. The highest BCUT2D eigenvalue weighted by atomic mass is 32.2. The molecule has 5 N–H and O–H groups in total. The van der Waals surface area contributed by atoms with Gasteiger partial charge < -0.3 is 16.8 Å². The summed E-state index contributed by atoms with van der Waals surface area (Å²) in [5, 5.41) is 4.00. The molecule has 4 nitrogen and oxygen atoms in total. The van der Waals surface area contributed by atoms with E-state index in [0.29, 0.717) is 17.0 Å². The minimum atomic E-state index is -0.0417. The molecule has 0 unspecified atom stereocenters. The van der Waals surface area contributed by atoms with Gasteiger partial charge in [0, 0.05) is 16.3 Å². The van der Waals surface area contributed by atoms with Gasteiger partial charge in [0.1, 0.15) is 0 Å². The molecule has 5 heteroatoms. The number of hydrogen-bond donors (Lipinski definition) is 3. The first-order valence-electron chi connectivity index (χ1n) is 5.42. The molecule has 0 saturated heterocycles. The van der Waals surface area contributed by atoms with Crippen molar-refractivity contribution in [3.05, 3.63) is 52.7 Å². The third-order valence-electron chi connectivity index (χ3n) is 2.71. The number of nitrogen functional groups attached to an aromatic ring is 1. The fraction of sp³-hybridized carbons (Fsp3) is 0. The first kappa shape index (κ1) is 11.0. The number of carbonyl (C=O) groups is 1. The molecule has 0 radical (unpaired) electrons. The summed E-state index contributed by atoms with van der Waals surface area (Å²) in [6.07, 6.45) is 4.78. The minimum Gasteiger partial charge on any atom is -0.399 e. The molecule has 0 saturated carbocycles. The summed E-state index contributed by atoms with van der Waals surface area (Å²) in [5.74, 6) is -0.0417. The van der Waals surface area contributed by atoms with E-state index in [9.17, 15) is 4.79 Å². The molecular weight excluding hydrogens is 246 g/mol. The van der Waals surface area contributed by atoms with Crippen molar-refractivity contribution in [2.45, 2.75) is 4.90 Å². The number of allylic oxidation sites excluding steroid dienone is 4. The molecule has 1 aliphatic carbocycles.